The molecule has 1 amide bonds. The Balaban J connectivity index is 1.45. The Bertz CT molecular complexity index is 1330. The van der Waals surface area contributed by atoms with E-state index in [0.717, 1.165) is 21.8 Å². The molecule has 0 saturated heterocycles. The first-order valence-electron chi connectivity index (χ1n) is 10.2. The van der Waals surface area contributed by atoms with Crippen molar-refractivity contribution in [1.29, 1.82) is 0 Å². The predicted molar refractivity (Wildman–Crippen MR) is 129 cm³/mol. The lowest BCUT2D eigenvalue weighted by Gasteiger charge is -2.09. The van der Waals surface area contributed by atoms with Gasteiger partial charge in [0.05, 0.1) is 34.0 Å². The van der Waals surface area contributed by atoms with E-state index in [1.807, 2.05) is 42.5 Å². The molecule has 0 saturated carbocycles. The van der Waals surface area contributed by atoms with Crippen LogP contribution in [0.15, 0.2) is 89.1 Å². The predicted octanol–water partition coefficient (Wildman–Crippen LogP) is 4.63. The molecule has 0 atom stereocenters. The summed E-state index contributed by atoms with van der Waals surface area (Å²) in [6.45, 7) is 2.33. The standard InChI is InChI=1S/C24H21N5O3S/c1-17(19-10-7-11-20(14-19)29(31)32)26-27-23(30)16-33-24-25-21-12-5-6-13-22(21)28(24)15-18-8-3-2-4-9-18/h2-14H,15-16H2,1H3,(H,27,30). The molecule has 1 N–H and O–H groups in total. The number of thioether (sulfide) groups is 1. The number of nitrogens with zero attached hydrogens (tertiary/aromatic N) is 4. The molecule has 166 valence electrons. The second-order valence-corrected chi connectivity index (χ2v) is 8.23. The minimum absolute atomic E-state index is 0.0266. The van der Waals surface area contributed by atoms with Crippen LogP contribution < -0.4 is 5.43 Å². The third kappa shape index (κ3) is 5.45. The van der Waals surface area contributed by atoms with Gasteiger partial charge in [-0.3, -0.25) is 14.9 Å². The molecule has 0 fully saturated rings. The van der Waals surface area contributed by atoms with Crippen LogP contribution in [-0.4, -0.2) is 31.8 Å². The molecule has 0 aliphatic rings. The fourth-order valence-electron chi connectivity index (χ4n) is 3.30. The van der Waals surface area contributed by atoms with Gasteiger partial charge >= 0.3 is 0 Å². The van der Waals surface area contributed by atoms with Gasteiger partial charge in [-0.05, 0) is 24.6 Å². The Morgan fingerprint density at radius 2 is 1.85 bits per heavy atom. The van der Waals surface area contributed by atoms with Gasteiger partial charge in [-0.15, -0.1) is 0 Å². The van der Waals surface area contributed by atoms with Crippen molar-refractivity contribution >= 4 is 40.1 Å². The number of non-ortho nitro benzene ring substituents is 1. The lowest BCUT2D eigenvalue weighted by molar-refractivity contribution is -0.384. The highest BCUT2D eigenvalue weighted by Crippen LogP contribution is 2.25. The molecular weight excluding hydrogens is 438 g/mol. The number of imidazole rings is 1. The third-order valence-corrected chi connectivity index (χ3v) is 5.93. The van der Waals surface area contributed by atoms with E-state index in [9.17, 15) is 14.9 Å². The minimum atomic E-state index is -0.465. The summed E-state index contributed by atoms with van der Waals surface area (Å²) in [5.41, 5.74) is 6.57. The van der Waals surface area contributed by atoms with Crippen molar-refractivity contribution in [3.8, 4) is 0 Å². The molecule has 0 radical (unpaired) electrons. The number of nitrogens with one attached hydrogen (secondary N) is 1. The van der Waals surface area contributed by atoms with E-state index in [0.29, 0.717) is 17.8 Å². The number of benzene rings is 3. The lowest BCUT2D eigenvalue weighted by atomic mass is 10.1. The van der Waals surface area contributed by atoms with Crippen molar-refractivity contribution in [3.05, 3.63) is 100 Å². The highest BCUT2D eigenvalue weighted by Gasteiger charge is 2.14. The zero-order chi connectivity index (χ0) is 23.2. The number of hydrogen-bond donors (Lipinski definition) is 1. The number of aromatic nitrogens is 2. The fraction of sp³-hybridized carbons (Fsp3) is 0.125. The van der Waals surface area contributed by atoms with Crippen LogP contribution in [0.3, 0.4) is 0 Å². The SMILES string of the molecule is CC(=NNC(=O)CSc1nc2ccccc2n1Cc1ccccc1)c1cccc([N+](=O)[O-])c1. The Kier molecular flexibility index (Phi) is 6.80. The summed E-state index contributed by atoms with van der Waals surface area (Å²) < 4.78 is 2.10. The maximum atomic E-state index is 12.4. The van der Waals surface area contributed by atoms with Gasteiger partial charge in [0, 0.05) is 17.7 Å². The van der Waals surface area contributed by atoms with Gasteiger partial charge in [0.25, 0.3) is 11.6 Å². The summed E-state index contributed by atoms with van der Waals surface area (Å²) in [6.07, 6.45) is 0. The number of fused-ring (bicyclic) bond motifs is 1. The van der Waals surface area contributed by atoms with Gasteiger partial charge in [-0.25, -0.2) is 10.4 Å². The summed E-state index contributed by atoms with van der Waals surface area (Å²) in [4.78, 5) is 27.6. The molecule has 1 heterocycles. The number of carbonyl (C=O) groups excluding carboxylic acids is 1. The second kappa shape index (κ2) is 10.1. The van der Waals surface area contributed by atoms with E-state index in [-0.39, 0.29) is 17.3 Å². The number of nitro groups is 1. The molecule has 1 aromatic heterocycles. The summed E-state index contributed by atoms with van der Waals surface area (Å²) >= 11 is 1.34. The number of hydrazone groups is 1. The van der Waals surface area contributed by atoms with Gasteiger partial charge in [-0.1, -0.05) is 66.4 Å². The van der Waals surface area contributed by atoms with Crippen LogP contribution in [0.1, 0.15) is 18.1 Å². The third-order valence-electron chi connectivity index (χ3n) is 4.96. The van der Waals surface area contributed by atoms with E-state index in [1.54, 1.807) is 19.1 Å². The fourth-order valence-corrected chi connectivity index (χ4v) is 4.11. The van der Waals surface area contributed by atoms with E-state index in [4.69, 9.17) is 4.98 Å². The molecule has 0 unspecified atom stereocenters. The summed E-state index contributed by atoms with van der Waals surface area (Å²) in [7, 11) is 0. The lowest BCUT2D eigenvalue weighted by Crippen LogP contribution is -2.21. The minimum Gasteiger partial charge on any atom is -0.314 e. The normalized spacial score (nSPS) is 11.5. The smallest absolute Gasteiger partial charge is 0.270 e. The second-order valence-electron chi connectivity index (χ2n) is 7.28. The number of hydrogen-bond acceptors (Lipinski definition) is 6. The Morgan fingerprint density at radius 1 is 1.09 bits per heavy atom. The number of rotatable bonds is 8. The first kappa shape index (κ1) is 22.2. The van der Waals surface area contributed by atoms with Crippen LogP contribution in [0.5, 0.6) is 0 Å². The average molecular weight is 460 g/mol. The van der Waals surface area contributed by atoms with E-state index in [2.05, 4.69) is 27.2 Å². The van der Waals surface area contributed by atoms with E-state index in [1.165, 1.54) is 23.9 Å². The summed E-state index contributed by atoms with van der Waals surface area (Å²) in [6, 6.07) is 24.1. The van der Waals surface area contributed by atoms with Crippen molar-refractivity contribution < 1.29 is 9.72 Å². The highest BCUT2D eigenvalue weighted by molar-refractivity contribution is 7.99. The number of para-hydroxylation sites is 2. The molecule has 0 bridgehead atoms. The van der Waals surface area contributed by atoms with Crippen molar-refractivity contribution in [2.24, 2.45) is 5.10 Å². The quantitative estimate of drug-likeness (QED) is 0.179. The molecule has 0 aliphatic heterocycles. The molecular formula is C24H21N5O3S. The summed E-state index contributed by atoms with van der Waals surface area (Å²) in [5.74, 6) is -0.160. The topological polar surface area (TPSA) is 102 Å². The number of nitro benzene ring substituents is 1. The van der Waals surface area contributed by atoms with Gasteiger partial charge in [-0.2, -0.15) is 5.10 Å². The monoisotopic (exact) mass is 459 g/mol. The Hall–Kier alpha value is -3.98. The van der Waals surface area contributed by atoms with Crippen LogP contribution in [0.25, 0.3) is 11.0 Å². The summed E-state index contributed by atoms with van der Waals surface area (Å²) in [5, 5.41) is 15.8. The van der Waals surface area contributed by atoms with Crippen molar-refractivity contribution in [2.45, 2.75) is 18.6 Å². The molecule has 9 heteroatoms. The van der Waals surface area contributed by atoms with E-state index < -0.39 is 4.92 Å². The first-order valence-corrected chi connectivity index (χ1v) is 11.2. The van der Waals surface area contributed by atoms with Gasteiger partial charge in [0.2, 0.25) is 0 Å². The first-order chi connectivity index (χ1) is 16.0. The number of amides is 1. The van der Waals surface area contributed by atoms with E-state index >= 15 is 0 Å². The Morgan fingerprint density at radius 3 is 2.64 bits per heavy atom. The van der Waals surface area contributed by atoms with Crippen LogP contribution >= 0.6 is 11.8 Å². The molecule has 8 nitrogen and oxygen atoms in total. The zero-order valence-corrected chi connectivity index (χ0v) is 18.7. The Labute approximate surface area is 194 Å². The maximum absolute atomic E-state index is 12.4. The van der Waals surface area contributed by atoms with Crippen LogP contribution in [-0.2, 0) is 11.3 Å². The molecule has 0 spiro atoms. The van der Waals surface area contributed by atoms with Gasteiger partial charge < -0.3 is 4.57 Å². The van der Waals surface area contributed by atoms with Crippen molar-refractivity contribution in [2.75, 3.05) is 5.75 Å². The van der Waals surface area contributed by atoms with Crippen LogP contribution in [0, 0.1) is 10.1 Å². The van der Waals surface area contributed by atoms with Crippen molar-refractivity contribution in [3.63, 3.8) is 0 Å². The molecule has 4 aromatic rings. The molecule has 4 rings (SSSR count). The number of carbonyl (C=O) groups is 1. The average Bonchev–Trinajstić information content (AvgIpc) is 3.19. The molecule has 3 aromatic carbocycles. The van der Waals surface area contributed by atoms with Crippen LogP contribution in [0.4, 0.5) is 5.69 Å². The van der Waals surface area contributed by atoms with Crippen LogP contribution in [0.2, 0.25) is 0 Å². The van der Waals surface area contributed by atoms with Crippen molar-refractivity contribution in [1.82, 2.24) is 15.0 Å². The maximum Gasteiger partial charge on any atom is 0.270 e. The molecule has 33 heavy (non-hydrogen) atoms. The largest absolute Gasteiger partial charge is 0.314 e. The zero-order valence-electron chi connectivity index (χ0n) is 17.8. The molecule has 0 aliphatic carbocycles. The van der Waals surface area contributed by atoms with Gasteiger partial charge in [0.15, 0.2) is 5.16 Å². The highest BCUT2D eigenvalue weighted by atomic mass is 32.2. The van der Waals surface area contributed by atoms with Gasteiger partial charge in [0.1, 0.15) is 0 Å².